The second-order valence-electron chi connectivity index (χ2n) is 3.69. The number of nitrogens with zero attached hydrogens (tertiary/aromatic N) is 1. The van der Waals surface area contributed by atoms with Crippen molar-refractivity contribution in [1.82, 2.24) is 4.31 Å². The molecule has 0 bridgehead atoms. The second-order valence-corrected chi connectivity index (χ2v) is 6.85. The van der Waals surface area contributed by atoms with Crippen LogP contribution < -0.4 is 11.3 Å². The van der Waals surface area contributed by atoms with Crippen molar-refractivity contribution in [2.24, 2.45) is 5.84 Å². The summed E-state index contributed by atoms with van der Waals surface area (Å²) in [6.07, 6.45) is 0. The summed E-state index contributed by atoms with van der Waals surface area (Å²) in [7, 11) is -3.34. The smallest absolute Gasteiger partial charge is 0.243 e. The lowest BCUT2D eigenvalue weighted by molar-refractivity contribution is 0.443. The Morgan fingerprint density at radius 1 is 1.18 bits per heavy atom. The molecule has 1 aliphatic heterocycles. The van der Waals surface area contributed by atoms with Crippen LogP contribution in [-0.2, 0) is 10.0 Å². The minimum atomic E-state index is -3.34. The molecule has 1 fully saturated rings. The summed E-state index contributed by atoms with van der Waals surface area (Å²) in [5.74, 6) is 6.96. The third-order valence-electron chi connectivity index (χ3n) is 2.63. The molecule has 3 N–H and O–H groups in total. The number of thioether (sulfide) groups is 1. The van der Waals surface area contributed by atoms with Crippen LogP contribution in [0.15, 0.2) is 29.2 Å². The Morgan fingerprint density at radius 3 is 2.29 bits per heavy atom. The number of benzene rings is 1. The lowest BCUT2D eigenvalue weighted by Crippen LogP contribution is -2.37. The summed E-state index contributed by atoms with van der Waals surface area (Å²) >= 11 is 1.78. The maximum Gasteiger partial charge on any atom is 0.243 e. The fourth-order valence-electron chi connectivity index (χ4n) is 1.66. The van der Waals surface area contributed by atoms with E-state index in [1.807, 2.05) is 0 Å². The largest absolute Gasteiger partial charge is 0.324 e. The molecule has 0 saturated carbocycles. The van der Waals surface area contributed by atoms with Gasteiger partial charge in [0.2, 0.25) is 10.0 Å². The molecule has 1 heterocycles. The number of sulfonamides is 1. The molecule has 17 heavy (non-hydrogen) atoms. The van der Waals surface area contributed by atoms with Crippen molar-refractivity contribution < 1.29 is 8.42 Å². The summed E-state index contributed by atoms with van der Waals surface area (Å²) < 4.78 is 26.0. The van der Waals surface area contributed by atoms with Crippen molar-refractivity contribution in [1.29, 1.82) is 0 Å². The Kier molecular flexibility index (Phi) is 3.93. The number of nitrogen functional groups attached to an aromatic ring is 1. The van der Waals surface area contributed by atoms with Crippen LogP contribution in [-0.4, -0.2) is 37.3 Å². The van der Waals surface area contributed by atoms with Gasteiger partial charge in [0.15, 0.2) is 0 Å². The van der Waals surface area contributed by atoms with Crippen LogP contribution in [0.4, 0.5) is 5.69 Å². The van der Waals surface area contributed by atoms with E-state index in [1.54, 1.807) is 36.0 Å². The Labute approximate surface area is 105 Å². The zero-order valence-electron chi connectivity index (χ0n) is 9.30. The van der Waals surface area contributed by atoms with E-state index in [2.05, 4.69) is 5.43 Å². The minimum absolute atomic E-state index is 0.323. The lowest BCUT2D eigenvalue weighted by Gasteiger charge is -2.25. The van der Waals surface area contributed by atoms with E-state index < -0.39 is 10.0 Å². The molecule has 1 aliphatic rings. The van der Waals surface area contributed by atoms with Gasteiger partial charge < -0.3 is 5.43 Å². The van der Waals surface area contributed by atoms with Crippen LogP contribution >= 0.6 is 11.8 Å². The number of nitrogens with one attached hydrogen (secondary N) is 1. The van der Waals surface area contributed by atoms with E-state index in [0.717, 1.165) is 11.5 Å². The number of hydrogen-bond acceptors (Lipinski definition) is 5. The van der Waals surface area contributed by atoms with Crippen molar-refractivity contribution in [3.63, 3.8) is 0 Å². The normalized spacial score (nSPS) is 17.9. The fourth-order valence-corrected chi connectivity index (χ4v) is 4.23. The highest BCUT2D eigenvalue weighted by molar-refractivity contribution is 7.99. The first-order valence-corrected chi connectivity index (χ1v) is 7.88. The Morgan fingerprint density at radius 2 is 1.76 bits per heavy atom. The van der Waals surface area contributed by atoms with Gasteiger partial charge >= 0.3 is 0 Å². The molecule has 2 rings (SSSR count). The van der Waals surface area contributed by atoms with Crippen molar-refractivity contribution in [3.05, 3.63) is 24.3 Å². The maximum absolute atomic E-state index is 12.3. The van der Waals surface area contributed by atoms with Crippen molar-refractivity contribution >= 4 is 27.5 Å². The number of rotatable bonds is 3. The maximum atomic E-state index is 12.3. The highest BCUT2D eigenvalue weighted by Crippen LogP contribution is 2.21. The van der Waals surface area contributed by atoms with E-state index in [4.69, 9.17) is 5.84 Å². The van der Waals surface area contributed by atoms with E-state index in [-0.39, 0.29) is 0 Å². The van der Waals surface area contributed by atoms with Crippen LogP contribution in [0.5, 0.6) is 0 Å². The molecule has 7 heteroatoms. The van der Waals surface area contributed by atoms with Gasteiger partial charge in [-0.2, -0.15) is 16.1 Å². The molecule has 0 radical (unpaired) electrons. The van der Waals surface area contributed by atoms with E-state index >= 15 is 0 Å². The first-order chi connectivity index (χ1) is 8.14. The molecule has 0 spiro atoms. The van der Waals surface area contributed by atoms with E-state index in [1.165, 1.54) is 4.31 Å². The Bertz CT molecular complexity index is 467. The zero-order chi connectivity index (χ0) is 12.3. The molecule has 1 aromatic rings. The predicted octanol–water partition coefficient (Wildman–Crippen LogP) is 0.710. The summed E-state index contributed by atoms with van der Waals surface area (Å²) in [4.78, 5) is 0.323. The van der Waals surface area contributed by atoms with Gasteiger partial charge in [-0.25, -0.2) is 8.42 Å². The third kappa shape index (κ3) is 2.74. The summed E-state index contributed by atoms with van der Waals surface area (Å²) in [6, 6.07) is 6.47. The molecule has 0 unspecified atom stereocenters. The van der Waals surface area contributed by atoms with Gasteiger partial charge in [-0.3, -0.25) is 5.84 Å². The van der Waals surface area contributed by atoms with Crippen LogP contribution in [0.2, 0.25) is 0 Å². The number of nitrogens with two attached hydrogens (primary N) is 1. The van der Waals surface area contributed by atoms with Gasteiger partial charge in [-0.15, -0.1) is 0 Å². The van der Waals surface area contributed by atoms with Gasteiger partial charge in [0.05, 0.1) is 4.90 Å². The SMILES string of the molecule is NNc1ccc(S(=O)(=O)N2CCSCC2)cc1. The number of anilines is 1. The quantitative estimate of drug-likeness (QED) is 0.626. The average Bonchev–Trinajstić information content (AvgIpc) is 2.40. The highest BCUT2D eigenvalue weighted by atomic mass is 32.2. The van der Waals surface area contributed by atoms with Gasteiger partial charge in [-0.1, -0.05) is 0 Å². The first-order valence-electron chi connectivity index (χ1n) is 5.29. The second kappa shape index (κ2) is 5.26. The standard InChI is InChI=1S/C10H15N3O2S2/c11-12-9-1-3-10(4-2-9)17(14,15)13-5-7-16-8-6-13/h1-4,12H,5-8,11H2. The molecule has 0 aliphatic carbocycles. The molecule has 1 saturated heterocycles. The molecule has 0 atom stereocenters. The topological polar surface area (TPSA) is 75.4 Å². The molecule has 1 aromatic carbocycles. The molecule has 0 amide bonds. The summed E-state index contributed by atoms with van der Waals surface area (Å²) in [5.41, 5.74) is 3.17. The average molecular weight is 273 g/mol. The predicted molar refractivity (Wildman–Crippen MR) is 70.3 cm³/mol. The Hall–Kier alpha value is -0.760. The third-order valence-corrected chi connectivity index (χ3v) is 5.48. The van der Waals surface area contributed by atoms with Crippen LogP contribution in [0.1, 0.15) is 0 Å². The first kappa shape index (κ1) is 12.7. The van der Waals surface area contributed by atoms with Gasteiger partial charge in [0, 0.05) is 30.3 Å². The van der Waals surface area contributed by atoms with Crippen molar-refractivity contribution in [3.8, 4) is 0 Å². The fraction of sp³-hybridized carbons (Fsp3) is 0.400. The van der Waals surface area contributed by atoms with Gasteiger partial charge in [-0.05, 0) is 24.3 Å². The zero-order valence-corrected chi connectivity index (χ0v) is 10.9. The van der Waals surface area contributed by atoms with E-state index in [9.17, 15) is 8.42 Å². The van der Waals surface area contributed by atoms with Crippen LogP contribution in [0, 0.1) is 0 Å². The summed E-state index contributed by atoms with van der Waals surface area (Å²) in [5, 5.41) is 0. The Balaban J connectivity index is 2.23. The molecule has 0 aromatic heterocycles. The van der Waals surface area contributed by atoms with E-state index in [0.29, 0.717) is 23.7 Å². The molecule has 94 valence electrons. The lowest BCUT2D eigenvalue weighted by atomic mass is 10.3. The minimum Gasteiger partial charge on any atom is -0.324 e. The number of hydrazine groups is 1. The highest BCUT2D eigenvalue weighted by Gasteiger charge is 2.25. The molecular formula is C10H15N3O2S2. The van der Waals surface area contributed by atoms with Crippen LogP contribution in [0.25, 0.3) is 0 Å². The van der Waals surface area contributed by atoms with Crippen molar-refractivity contribution in [2.75, 3.05) is 30.0 Å². The molecule has 5 nitrogen and oxygen atoms in total. The molecular weight excluding hydrogens is 258 g/mol. The van der Waals surface area contributed by atoms with Crippen LogP contribution in [0.3, 0.4) is 0 Å². The van der Waals surface area contributed by atoms with Gasteiger partial charge in [0.1, 0.15) is 0 Å². The van der Waals surface area contributed by atoms with Gasteiger partial charge in [0.25, 0.3) is 0 Å². The summed E-state index contributed by atoms with van der Waals surface area (Å²) in [6.45, 7) is 1.17. The van der Waals surface area contributed by atoms with Crippen molar-refractivity contribution in [2.45, 2.75) is 4.90 Å². The monoisotopic (exact) mass is 273 g/mol. The number of hydrogen-bond donors (Lipinski definition) is 2.